The average Bonchev–Trinajstić information content (AvgIpc) is 2.68. The molecule has 0 fully saturated rings. The maximum atomic E-state index is 11.7. The molecule has 0 saturated heterocycles. The summed E-state index contributed by atoms with van der Waals surface area (Å²) >= 11 is 5.74. The van der Waals surface area contributed by atoms with Crippen LogP contribution >= 0.6 is 11.6 Å². The van der Waals surface area contributed by atoms with E-state index in [2.05, 4.69) is 10.5 Å². The van der Waals surface area contributed by atoms with Crippen molar-refractivity contribution < 1.29 is 9.32 Å². The SMILES string of the molecule is Cc1nocc1C(=O)Nc1ccc(Cl)cc1. The molecule has 16 heavy (non-hydrogen) atoms. The third kappa shape index (κ3) is 2.23. The van der Waals surface area contributed by atoms with Crippen LogP contribution in [0.25, 0.3) is 0 Å². The Morgan fingerprint density at radius 3 is 2.62 bits per heavy atom. The van der Waals surface area contributed by atoms with E-state index in [9.17, 15) is 4.79 Å². The highest BCUT2D eigenvalue weighted by Crippen LogP contribution is 2.15. The van der Waals surface area contributed by atoms with Crippen LogP contribution in [0.5, 0.6) is 0 Å². The van der Waals surface area contributed by atoms with Crippen LogP contribution in [0.2, 0.25) is 5.02 Å². The molecule has 0 radical (unpaired) electrons. The zero-order valence-electron chi connectivity index (χ0n) is 8.53. The number of amides is 1. The van der Waals surface area contributed by atoms with Gasteiger partial charge in [-0.25, -0.2) is 0 Å². The molecular weight excluding hydrogens is 228 g/mol. The molecule has 0 aliphatic carbocycles. The number of carbonyl (C=O) groups is 1. The Kier molecular flexibility index (Phi) is 2.92. The average molecular weight is 237 g/mol. The Labute approximate surface area is 97.2 Å². The first-order valence-electron chi connectivity index (χ1n) is 4.65. The maximum Gasteiger partial charge on any atom is 0.260 e. The van der Waals surface area contributed by atoms with Gasteiger partial charge in [0.1, 0.15) is 11.8 Å². The van der Waals surface area contributed by atoms with Gasteiger partial charge in [-0.1, -0.05) is 16.8 Å². The van der Waals surface area contributed by atoms with E-state index >= 15 is 0 Å². The minimum Gasteiger partial charge on any atom is -0.364 e. The number of carbonyl (C=O) groups excluding carboxylic acids is 1. The predicted octanol–water partition coefficient (Wildman–Crippen LogP) is 2.89. The number of aryl methyl sites for hydroxylation is 1. The molecule has 1 aromatic heterocycles. The molecule has 0 aliphatic heterocycles. The number of rotatable bonds is 2. The van der Waals surface area contributed by atoms with E-state index in [1.807, 2.05) is 0 Å². The smallest absolute Gasteiger partial charge is 0.260 e. The van der Waals surface area contributed by atoms with Gasteiger partial charge in [0, 0.05) is 10.7 Å². The summed E-state index contributed by atoms with van der Waals surface area (Å²) in [5.41, 5.74) is 1.66. The monoisotopic (exact) mass is 236 g/mol. The fourth-order valence-electron chi connectivity index (χ4n) is 1.24. The van der Waals surface area contributed by atoms with E-state index in [0.717, 1.165) is 0 Å². The van der Waals surface area contributed by atoms with Crippen molar-refractivity contribution in [2.45, 2.75) is 6.92 Å². The van der Waals surface area contributed by atoms with Gasteiger partial charge in [-0.05, 0) is 31.2 Å². The third-order valence-electron chi connectivity index (χ3n) is 2.10. The molecule has 0 unspecified atom stereocenters. The van der Waals surface area contributed by atoms with Gasteiger partial charge in [0.15, 0.2) is 0 Å². The summed E-state index contributed by atoms with van der Waals surface area (Å²) in [6, 6.07) is 6.86. The summed E-state index contributed by atoms with van der Waals surface area (Å²) in [7, 11) is 0. The fraction of sp³-hybridized carbons (Fsp3) is 0.0909. The number of halogens is 1. The molecule has 0 saturated carbocycles. The Morgan fingerprint density at radius 2 is 2.06 bits per heavy atom. The summed E-state index contributed by atoms with van der Waals surface area (Å²) in [5, 5.41) is 6.98. The van der Waals surface area contributed by atoms with Crippen molar-refractivity contribution in [1.29, 1.82) is 0 Å². The molecule has 1 heterocycles. The first-order chi connectivity index (χ1) is 7.66. The van der Waals surface area contributed by atoms with Gasteiger partial charge < -0.3 is 9.84 Å². The number of hydrogen-bond donors (Lipinski definition) is 1. The zero-order valence-corrected chi connectivity index (χ0v) is 9.28. The lowest BCUT2D eigenvalue weighted by Crippen LogP contribution is -2.12. The summed E-state index contributed by atoms with van der Waals surface area (Å²) < 4.78 is 4.69. The molecule has 1 aromatic carbocycles. The van der Waals surface area contributed by atoms with E-state index in [1.165, 1.54) is 6.26 Å². The summed E-state index contributed by atoms with van der Waals surface area (Å²) in [4.78, 5) is 11.7. The van der Waals surface area contributed by atoms with E-state index in [-0.39, 0.29) is 5.91 Å². The van der Waals surface area contributed by atoms with Gasteiger partial charge in [0.25, 0.3) is 5.91 Å². The molecule has 1 amide bonds. The van der Waals surface area contributed by atoms with Crippen molar-refractivity contribution >= 4 is 23.2 Å². The summed E-state index contributed by atoms with van der Waals surface area (Å²) in [5.74, 6) is -0.249. The van der Waals surface area contributed by atoms with Gasteiger partial charge in [-0.3, -0.25) is 4.79 Å². The molecule has 0 bridgehead atoms. The van der Waals surface area contributed by atoms with Crippen molar-refractivity contribution in [3.8, 4) is 0 Å². The van der Waals surface area contributed by atoms with Crippen molar-refractivity contribution in [3.63, 3.8) is 0 Å². The molecular formula is C11H9ClN2O2. The lowest BCUT2D eigenvalue weighted by atomic mass is 10.2. The second-order valence-corrected chi connectivity index (χ2v) is 3.71. The van der Waals surface area contributed by atoms with E-state index in [1.54, 1.807) is 31.2 Å². The normalized spacial score (nSPS) is 10.1. The molecule has 0 aliphatic rings. The lowest BCUT2D eigenvalue weighted by molar-refractivity contribution is 0.102. The minimum atomic E-state index is -0.249. The van der Waals surface area contributed by atoms with Gasteiger partial charge in [0.05, 0.1) is 5.69 Å². The molecule has 2 aromatic rings. The number of nitrogens with zero attached hydrogens (tertiary/aromatic N) is 1. The van der Waals surface area contributed by atoms with Crippen LogP contribution in [-0.4, -0.2) is 11.1 Å². The van der Waals surface area contributed by atoms with Crippen LogP contribution < -0.4 is 5.32 Å². The molecule has 0 spiro atoms. The first-order valence-corrected chi connectivity index (χ1v) is 5.02. The van der Waals surface area contributed by atoms with Crippen LogP contribution in [0.15, 0.2) is 35.1 Å². The largest absolute Gasteiger partial charge is 0.364 e. The summed E-state index contributed by atoms with van der Waals surface area (Å²) in [6.45, 7) is 1.71. The van der Waals surface area contributed by atoms with Gasteiger partial charge in [0.2, 0.25) is 0 Å². The molecule has 2 rings (SSSR count). The minimum absolute atomic E-state index is 0.249. The highest BCUT2D eigenvalue weighted by atomic mass is 35.5. The van der Waals surface area contributed by atoms with Crippen molar-refractivity contribution in [2.75, 3.05) is 5.32 Å². The predicted molar refractivity (Wildman–Crippen MR) is 60.6 cm³/mol. The van der Waals surface area contributed by atoms with Crippen molar-refractivity contribution in [2.24, 2.45) is 0 Å². The van der Waals surface area contributed by atoms with Crippen LogP contribution in [0.4, 0.5) is 5.69 Å². The van der Waals surface area contributed by atoms with Crippen LogP contribution in [-0.2, 0) is 0 Å². The second kappa shape index (κ2) is 4.37. The number of aromatic nitrogens is 1. The topological polar surface area (TPSA) is 55.1 Å². The number of anilines is 1. The number of benzene rings is 1. The Bertz CT molecular complexity index is 505. The Balaban J connectivity index is 2.14. The van der Waals surface area contributed by atoms with Crippen molar-refractivity contribution in [3.05, 3.63) is 46.8 Å². The fourth-order valence-corrected chi connectivity index (χ4v) is 1.37. The Morgan fingerprint density at radius 1 is 1.38 bits per heavy atom. The molecule has 82 valence electrons. The highest BCUT2D eigenvalue weighted by molar-refractivity contribution is 6.30. The van der Waals surface area contributed by atoms with Crippen LogP contribution in [0, 0.1) is 6.92 Å². The van der Waals surface area contributed by atoms with Crippen LogP contribution in [0.3, 0.4) is 0 Å². The van der Waals surface area contributed by atoms with Crippen molar-refractivity contribution in [1.82, 2.24) is 5.16 Å². The molecule has 5 heteroatoms. The molecule has 1 N–H and O–H groups in total. The van der Waals surface area contributed by atoms with E-state index in [0.29, 0.717) is 22.0 Å². The number of hydrogen-bond acceptors (Lipinski definition) is 3. The quantitative estimate of drug-likeness (QED) is 0.872. The zero-order chi connectivity index (χ0) is 11.5. The Hall–Kier alpha value is -1.81. The molecule has 0 atom stereocenters. The standard InChI is InChI=1S/C11H9ClN2O2/c1-7-10(6-16-14-7)11(15)13-9-4-2-8(12)3-5-9/h2-6H,1H3,(H,13,15). The first kappa shape index (κ1) is 10.7. The van der Waals surface area contributed by atoms with Crippen LogP contribution in [0.1, 0.15) is 16.1 Å². The van der Waals surface area contributed by atoms with Gasteiger partial charge in [-0.15, -0.1) is 0 Å². The summed E-state index contributed by atoms with van der Waals surface area (Å²) in [6.07, 6.45) is 1.32. The van der Waals surface area contributed by atoms with Gasteiger partial charge >= 0.3 is 0 Å². The molecule has 4 nitrogen and oxygen atoms in total. The second-order valence-electron chi connectivity index (χ2n) is 3.27. The van der Waals surface area contributed by atoms with E-state index in [4.69, 9.17) is 16.1 Å². The lowest BCUT2D eigenvalue weighted by Gasteiger charge is -2.03. The van der Waals surface area contributed by atoms with Gasteiger partial charge in [-0.2, -0.15) is 0 Å². The van der Waals surface area contributed by atoms with E-state index < -0.39 is 0 Å². The third-order valence-corrected chi connectivity index (χ3v) is 2.35. The highest BCUT2D eigenvalue weighted by Gasteiger charge is 2.12. The number of nitrogens with one attached hydrogen (secondary N) is 1. The maximum absolute atomic E-state index is 11.7.